The number of aryl methyl sites for hydroxylation is 1. The monoisotopic (exact) mass is 551 g/mol. The summed E-state index contributed by atoms with van der Waals surface area (Å²) in [5.74, 6) is 2.78. The lowest BCUT2D eigenvalue weighted by Gasteiger charge is -2.34. The van der Waals surface area contributed by atoms with Gasteiger partial charge >= 0.3 is 6.03 Å². The maximum Gasteiger partial charge on any atom is 0.315 e. The number of H-pyrrole nitrogens is 1. The van der Waals surface area contributed by atoms with Crippen molar-refractivity contribution in [2.24, 2.45) is 5.41 Å². The Kier molecular flexibility index (Phi) is 6.53. The highest BCUT2D eigenvalue weighted by molar-refractivity contribution is 5.75. The second-order valence-corrected chi connectivity index (χ2v) is 12.7. The molecule has 212 valence electrons. The largest absolute Gasteiger partial charge is 0.351 e. The second-order valence-electron chi connectivity index (χ2n) is 12.7. The van der Waals surface area contributed by atoms with Crippen molar-refractivity contribution >= 4 is 23.6 Å². The van der Waals surface area contributed by atoms with E-state index in [1.54, 1.807) is 0 Å². The molecule has 2 amide bonds. The summed E-state index contributed by atoms with van der Waals surface area (Å²) in [6, 6.07) is 10.5. The van der Waals surface area contributed by atoms with Crippen LogP contribution < -0.4 is 21.3 Å². The third-order valence-electron chi connectivity index (χ3n) is 9.57. The SMILES string of the molecule is Cc1cnc(NC2CCC(NC(=O)NC3Cc4ccc(C#N)cc4C3)CC2)nc1Nc1cc(C2CC3(CC3)C2)[nH]n1. The molecule has 1 unspecified atom stereocenters. The summed E-state index contributed by atoms with van der Waals surface area (Å²) in [7, 11) is 0. The van der Waals surface area contributed by atoms with Crippen LogP contribution in [0.4, 0.5) is 22.4 Å². The number of fused-ring (bicyclic) bond motifs is 1. The van der Waals surface area contributed by atoms with E-state index in [1.807, 2.05) is 31.3 Å². The number of rotatable bonds is 7. The fourth-order valence-corrected chi connectivity index (χ4v) is 6.93. The van der Waals surface area contributed by atoms with Gasteiger partial charge in [-0.1, -0.05) is 6.07 Å². The number of benzene rings is 1. The van der Waals surface area contributed by atoms with Crippen LogP contribution in [0, 0.1) is 23.7 Å². The number of aromatic amines is 1. The van der Waals surface area contributed by atoms with Gasteiger partial charge in [-0.05, 0) is 99.8 Å². The first-order valence-electron chi connectivity index (χ1n) is 15.0. The molecule has 4 aliphatic carbocycles. The van der Waals surface area contributed by atoms with Crippen LogP contribution in [0.1, 0.15) is 85.2 Å². The highest BCUT2D eigenvalue weighted by Gasteiger charge is 2.53. The molecule has 0 saturated heterocycles. The van der Waals surface area contributed by atoms with Crippen LogP contribution in [-0.2, 0) is 12.8 Å². The summed E-state index contributed by atoms with van der Waals surface area (Å²) in [5.41, 5.74) is 5.90. The zero-order valence-electron chi connectivity index (χ0n) is 23.5. The Balaban J connectivity index is 0.869. The summed E-state index contributed by atoms with van der Waals surface area (Å²) >= 11 is 0. The van der Waals surface area contributed by atoms with Gasteiger partial charge in [-0.2, -0.15) is 15.3 Å². The number of carbonyl (C=O) groups is 1. The molecule has 3 saturated carbocycles. The predicted octanol–water partition coefficient (Wildman–Crippen LogP) is 4.97. The van der Waals surface area contributed by atoms with E-state index < -0.39 is 0 Å². The number of hydrogen-bond donors (Lipinski definition) is 5. The van der Waals surface area contributed by atoms with E-state index in [2.05, 4.69) is 48.6 Å². The first kappa shape index (κ1) is 25.8. The van der Waals surface area contributed by atoms with E-state index in [0.717, 1.165) is 61.3 Å². The predicted molar refractivity (Wildman–Crippen MR) is 156 cm³/mol. The average molecular weight is 552 g/mol. The Morgan fingerprint density at radius 2 is 1.78 bits per heavy atom. The van der Waals surface area contributed by atoms with E-state index in [1.165, 1.54) is 36.9 Å². The Morgan fingerprint density at radius 1 is 1.02 bits per heavy atom. The topological polar surface area (TPSA) is 143 Å². The molecule has 4 aliphatic rings. The van der Waals surface area contributed by atoms with Gasteiger partial charge in [0, 0.05) is 47.6 Å². The van der Waals surface area contributed by atoms with Crippen LogP contribution in [-0.4, -0.2) is 44.3 Å². The molecule has 2 aromatic heterocycles. The molecule has 2 heterocycles. The smallest absolute Gasteiger partial charge is 0.315 e. The Morgan fingerprint density at radius 3 is 2.56 bits per heavy atom. The first-order chi connectivity index (χ1) is 19.9. The van der Waals surface area contributed by atoms with Gasteiger partial charge in [-0.25, -0.2) is 9.78 Å². The molecule has 0 bridgehead atoms. The Hall–Kier alpha value is -4.13. The normalized spacial score (nSPS) is 24.1. The van der Waals surface area contributed by atoms with Crippen LogP contribution in [0.15, 0.2) is 30.5 Å². The van der Waals surface area contributed by atoms with Crippen LogP contribution in [0.3, 0.4) is 0 Å². The number of amides is 2. The van der Waals surface area contributed by atoms with Crippen molar-refractivity contribution in [2.75, 3.05) is 10.6 Å². The summed E-state index contributed by atoms with van der Waals surface area (Å²) in [6.45, 7) is 2.00. The maximum absolute atomic E-state index is 12.7. The van der Waals surface area contributed by atoms with Gasteiger partial charge in [0.15, 0.2) is 5.82 Å². The molecule has 0 radical (unpaired) electrons. The highest BCUT2D eigenvalue weighted by Crippen LogP contribution is 2.66. The summed E-state index contributed by atoms with van der Waals surface area (Å²) in [4.78, 5) is 22.0. The maximum atomic E-state index is 12.7. The number of hydrogen-bond acceptors (Lipinski definition) is 7. The van der Waals surface area contributed by atoms with E-state index in [-0.39, 0.29) is 24.2 Å². The lowest BCUT2D eigenvalue weighted by molar-refractivity contribution is 0.228. The van der Waals surface area contributed by atoms with Crippen molar-refractivity contribution in [1.82, 2.24) is 30.8 Å². The van der Waals surface area contributed by atoms with Crippen molar-refractivity contribution in [1.29, 1.82) is 5.26 Å². The summed E-state index contributed by atoms with van der Waals surface area (Å²) in [6.07, 6.45) is 12.5. The van der Waals surface area contributed by atoms with E-state index >= 15 is 0 Å². The van der Waals surface area contributed by atoms with Gasteiger partial charge in [0.05, 0.1) is 11.6 Å². The van der Waals surface area contributed by atoms with Crippen molar-refractivity contribution in [2.45, 2.75) is 95.2 Å². The second kappa shape index (κ2) is 10.4. The number of nitrogens with one attached hydrogen (secondary N) is 5. The minimum atomic E-state index is -0.108. The summed E-state index contributed by atoms with van der Waals surface area (Å²) in [5, 5.41) is 30.0. The molecule has 3 aromatic rings. The first-order valence-corrected chi connectivity index (χ1v) is 15.0. The summed E-state index contributed by atoms with van der Waals surface area (Å²) < 4.78 is 0. The minimum Gasteiger partial charge on any atom is -0.351 e. The zero-order valence-corrected chi connectivity index (χ0v) is 23.5. The van der Waals surface area contributed by atoms with Crippen molar-refractivity contribution in [3.05, 3.63) is 58.4 Å². The fourth-order valence-electron chi connectivity index (χ4n) is 6.93. The minimum absolute atomic E-state index is 0.0690. The van der Waals surface area contributed by atoms with Crippen LogP contribution >= 0.6 is 0 Å². The Bertz CT molecular complexity index is 1490. The number of aromatic nitrogens is 4. The Labute approximate surface area is 240 Å². The highest BCUT2D eigenvalue weighted by atomic mass is 16.2. The van der Waals surface area contributed by atoms with Crippen molar-refractivity contribution in [3.63, 3.8) is 0 Å². The number of nitrogens with zero attached hydrogens (tertiary/aromatic N) is 4. The lowest BCUT2D eigenvalue weighted by atomic mass is 9.70. The molecular formula is C31H37N9O. The molecule has 41 heavy (non-hydrogen) atoms. The van der Waals surface area contributed by atoms with E-state index in [4.69, 9.17) is 10.2 Å². The molecule has 1 atom stereocenters. The number of carbonyl (C=O) groups excluding carboxylic acids is 1. The van der Waals surface area contributed by atoms with Crippen molar-refractivity contribution < 1.29 is 4.79 Å². The number of nitriles is 1. The van der Waals surface area contributed by atoms with Gasteiger partial charge < -0.3 is 21.3 Å². The average Bonchev–Trinajstić information content (AvgIpc) is 3.46. The van der Waals surface area contributed by atoms with E-state index in [0.29, 0.717) is 22.8 Å². The fraction of sp³-hybridized carbons (Fsp3) is 0.516. The van der Waals surface area contributed by atoms with Gasteiger partial charge in [0.25, 0.3) is 0 Å². The number of urea groups is 1. The molecule has 0 aliphatic heterocycles. The van der Waals surface area contributed by atoms with E-state index in [9.17, 15) is 4.79 Å². The molecule has 7 rings (SSSR count). The van der Waals surface area contributed by atoms with Crippen LogP contribution in [0.25, 0.3) is 0 Å². The zero-order chi connectivity index (χ0) is 28.0. The van der Waals surface area contributed by atoms with Crippen LogP contribution in [0.2, 0.25) is 0 Å². The molecule has 10 heteroatoms. The van der Waals surface area contributed by atoms with Gasteiger partial charge in [-0.3, -0.25) is 5.10 Å². The van der Waals surface area contributed by atoms with Gasteiger partial charge in [0.2, 0.25) is 5.95 Å². The third kappa shape index (κ3) is 5.58. The van der Waals surface area contributed by atoms with Crippen molar-refractivity contribution in [3.8, 4) is 6.07 Å². The third-order valence-corrected chi connectivity index (χ3v) is 9.57. The van der Waals surface area contributed by atoms with Gasteiger partial charge in [0.1, 0.15) is 5.82 Å². The molecule has 5 N–H and O–H groups in total. The lowest BCUT2D eigenvalue weighted by Crippen LogP contribution is -2.48. The molecular weight excluding hydrogens is 514 g/mol. The van der Waals surface area contributed by atoms with Gasteiger partial charge in [-0.15, -0.1) is 0 Å². The quantitative estimate of drug-likeness (QED) is 0.279. The molecule has 1 aromatic carbocycles. The molecule has 3 fully saturated rings. The molecule has 1 spiro atoms. The number of anilines is 3. The van der Waals surface area contributed by atoms with Crippen LogP contribution in [0.5, 0.6) is 0 Å². The standard InChI is InChI=1S/C31H37N9O/c1-18-17-33-29(38-28(18)37-27-13-26(39-40-27)22-14-31(15-22)8-9-31)34-23-4-6-24(7-5-23)35-30(41)36-25-11-20-3-2-19(16-32)10-21(20)12-25/h2-3,10,13,17,22-25H,4-9,11-12,14-15H2,1H3,(H2,35,36,41)(H3,33,34,37,38,39,40). The molecule has 10 nitrogen and oxygen atoms in total.